The summed E-state index contributed by atoms with van der Waals surface area (Å²) in [5.74, 6) is -0.892. The molecule has 2 heterocycles. The van der Waals surface area contributed by atoms with Crippen LogP contribution in [0.15, 0.2) is 18.2 Å². The van der Waals surface area contributed by atoms with Gasteiger partial charge in [0.15, 0.2) is 0 Å². The molecule has 1 aromatic carbocycles. The molecule has 0 saturated carbocycles. The van der Waals surface area contributed by atoms with Gasteiger partial charge in [0, 0.05) is 31.1 Å². The Kier molecular flexibility index (Phi) is 6.54. The largest absolute Gasteiger partial charge is 0.416 e. The van der Waals surface area contributed by atoms with Crippen molar-refractivity contribution in [2.24, 2.45) is 5.92 Å². The minimum absolute atomic E-state index is 0.00730. The number of nitrogens with one attached hydrogen (secondary N) is 1. The molecule has 1 aromatic rings. The zero-order valence-corrected chi connectivity index (χ0v) is 16.8. The van der Waals surface area contributed by atoms with Crippen LogP contribution in [0.1, 0.15) is 36.8 Å². The molecule has 2 amide bonds. The standard InChI is InChI=1S/C20H23F6N3O2/c1-28-5-3-2-4-16(28)18(31)29-10-12(11-29)6-17(30)27-15-8-13(19(21,22)23)7-14(9-15)20(24,25)26/h7-9,12,16H,2-6,10-11H2,1H3,(H,27,30). The SMILES string of the molecule is CN1CCCCC1C(=O)N1CC(CC(=O)Nc2cc(C(F)(F)F)cc(C(F)(F)F)c2)C1. The van der Waals surface area contributed by atoms with Gasteiger partial charge in [0.2, 0.25) is 11.8 Å². The Morgan fingerprint density at radius 2 is 1.58 bits per heavy atom. The molecular weight excluding hydrogens is 428 g/mol. The lowest BCUT2D eigenvalue weighted by molar-refractivity contribution is -0.145. The van der Waals surface area contributed by atoms with E-state index in [0.29, 0.717) is 25.2 Å². The monoisotopic (exact) mass is 451 g/mol. The molecule has 2 aliphatic heterocycles. The van der Waals surface area contributed by atoms with Crippen molar-refractivity contribution in [2.45, 2.75) is 44.1 Å². The zero-order valence-electron chi connectivity index (χ0n) is 16.8. The van der Waals surface area contributed by atoms with Crippen molar-refractivity contribution in [1.29, 1.82) is 0 Å². The summed E-state index contributed by atoms with van der Waals surface area (Å²) in [4.78, 5) is 28.4. The van der Waals surface area contributed by atoms with Crippen molar-refractivity contribution in [3.63, 3.8) is 0 Å². The van der Waals surface area contributed by atoms with Crippen LogP contribution in [0.5, 0.6) is 0 Å². The Labute approximate surface area is 175 Å². The highest BCUT2D eigenvalue weighted by Crippen LogP contribution is 2.37. The third-order valence-electron chi connectivity index (χ3n) is 5.67. The lowest BCUT2D eigenvalue weighted by atomic mass is 9.93. The Morgan fingerprint density at radius 3 is 2.10 bits per heavy atom. The Balaban J connectivity index is 1.57. The van der Waals surface area contributed by atoms with E-state index in [9.17, 15) is 35.9 Å². The van der Waals surface area contributed by atoms with Gasteiger partial charge in [-0.3, -0.25) is 14.5 Å². The van der Waals surface area contributed by atoms with Crippen LogP contribution in [-0.4, -0.2) is 54.3 Å². The summed E-state index contributed by atoms with van der Waals surface area (Å²) in [7, 11) is 1.89. The molecule has 2 saturated heterocycles. The number of likely N-dealkylation sites (N-methyl/N-ethyl adjacent to an activating group) is 1. The Bertz CT molecular complexity index is 801. The molecule has 3 rings (SSSR count). The number of rotatable bonds is 4. The number of alkyl halides is 6. The number of hydrogen-bond donors (Lipinski definition) is 1. The number of carbonyl (C=O) groups is 2. The average Bonchev–Trinajstić information content (AvgIpc) is 2.62. The Morgan fingerprint density at radius 1 is 1.00 bits per heavy atom. The van der Waals surface area contributed by atoms with E-state index in [1.165, 1.54) is 0 Å². The summed E-state index contributed by atoms with van der Waals surface area (Å²) in [5.41, 5.74) is -3.55. The van der Waals surface area contributed by atoms with E-state index in [1.54, 1.807) is 4.90 Å². The fourth-order valence-corrected chi connectivity index (χ4v) is 3.98. The summed E-state index contributed by atoms with van der Waals surface area (Å²) in [5, 5.41) is 2.13. The minimum atomic E-state index is -4.98. The maximum atomic E-state index is 12.9. The maximum absolute atomic E-state index is 12.9. The summed E-state index contributed by atoms with van der Waals surface area (Å²) in [6, 6.07) is 0.771. The number of piperidine rings is 1. The lowest BCUT2D eigenvalue weighted by Gasteiger charge is -2.43. The predicted molar refractivity (Wildman–Crippen MR) is 100 cm³/mol. The number of nitrogens with zero attached hydrogens (tertiary/aromatic N) is 2. The topological polar surface area (TPSA) is 52.7 Å². The maximum Gasteiger partial charge on any atom is 0.416 e. The predicted octanol–water partition coefficient (Wildman–Crippen LogP) is 4.00. The lowest BCUT2D eigenvalue weighted by Crippen LogP contribution is -2.57. The van der Waals surface area contributed by atoms with Gasteiger partial charge in [-0.05, 0) is 44.6 Å². The molecule has 1 atom stereocenters. The number of halogens is 6. The Hall–Kier alpha value is -2.30. The first-order chi connectivity index (χ1) is 14.3. The van der Waals surface area contributed by atoms with Crippen molar-refractivity contribution < 1.29 is 35.9 Å². The molecule has 31 heavy (non-hydrogen) atoms. The highest BCUT2D eigenvalue weighted by atomic mass is 19.4. The van der Waals surface area contributed by atoms with E-state index >= 15 is 0 Å². The van der Waals surface area contributed by atoms with Crippen LogP contribution in [0, 0.1) is 5.92 Å². The molecule has 2 aliphatic rings. The molecule has 0 spiro atoms. The first-order valence-electron chi connectivity index (χ1n) is 9.93. The number of hydrogen-bond acceptors (Lipinski definition) is 3. The number of amides is 2. The van der Waals surface area contributed by atoms with E-state index in [4.69, 9.17) is 0 Å². The molecular formula is C20H23F6N3O2. The van der Waals surface area contributed by atoms with E-state index in [1.807, 2.05) is 11.9 Å². The molecule has 0 bridgehead atoms. The van der Waals surface area contributed by atoms with Crippen LogP contribution < -0.4 is 5.32 Å². The third-order valence-corrected chi connectivity index (χ3v) is 5.67. The zero-order chi connectivity index (χ0) is 23.0. The number of anilines is 1. The molecule has 0 aliphatic carbocycles. The van der Waals surface area contributed by atoms with Crippen molar-refractivity contribution in [1.82, 2.24) is 9.80 Å². The van der Waals surface area contributed by atoms with Gasteiger partial charge in [0.05, 0.1) is 17.2 Å². The van der Waals surface area contributed by atoms with Crippen molar-refractivity contribution in [3.05, 3.63) is 29.3 Å². The van der Waals surface area contributed by atoms with Crippen molar-refractivity contribution in [3.8, 4) is 0 Å². The van der Waals surface area contributed by atoms with Gasteiger partial charge < -0.3 is 10.2 Å². The first-order valence-corrected chi connectivity index (χ1v) is 9.93. The van der Waals surface area contributed by atoms with Gasteiger partial charge in [-0.15, -0.1) is 0 Å². The highest BCUT2D eigenvalue weighted by molar-refractivity contribution is 5.91. The van der Waals surface area contributed by atoms with Gasteiger partial charge in [-0.25, -0.2) is 0 Å². The van der Waals surface area contributed by atoms with Gasteiger partial charge in [-0.2, -0.15) is 26.3 Å². The molecule has 1 unspecified atom stereocenters. The van der Waals surface area contributed by atoms with E-state index < -0.39 is 35.1 Å². The molecule has 11 heteroatoms. The second kappa shape index (κ2) is 8.68. The van der Waals surface area contributed by atoms with E-state index in [0.717, 1.165) is 25.8 Å². The second-order valence-corrected chi connectivity index (χ2v) is 8.15. The summed E-state index contributed by atoms with van der Waals surface area (Å²) < 4.78 is 77.6. The molecule has 172 valence electrons. The fourth-order valence-electron chi connectivity index (χ4n) is 3.98. The third kappa shape index (κ3) is 5.69. The summed E-state index contributed by atoms with van der Waals surface area (Å²) in [6.07, 6.45) is -7.29. The number of likely N-dealkylation sites (tertiary alicyclic amines) is 2. The molecule has 2 fully saturated rings. The first kappa shape index (κ1) is 23.4. The fraction of sp³-hybridized carbons (Fsp3) is 0.600. The van der Waals surface area contributed by atoms with Crippen LogP contribution in [-0.2, 0) is 21.9 Å². The van der Waals surface area contributed by atoms with Crippen LogP contribution >= 0.6 is 0 Å². The number of carbonyl (C=O) groups excluding carboxylic acids is 2. The molecule has 5 nitrogen and oxygen atoms in total. The van der Waals surface area contributed by atoms with Gasteiger partial charge in [0.25, 0.3) is 0 Å². The summed E-state index contributed by atoms with van der Waals surface area (Å²) >= 11 is 0. The van der Waals surface area contributed by atoms with Gasteiger partial charge in [0.1, 0.15) is 0 Å². The second-order valence-electron chi connectivity index (χ2n) is 8.15. The molecule has 0 aromatic heterocycles. The molecule has 1 N–H and O–H groups in total. The van der Waals surface area contributed by atoms with Crippen LogP contribution in [0.4, 0.5) is 32.0 Å². The normalized spacial score (nSPS) is 21.0. The average molecular weight is 451 g/mol. The number of benzene rings is 1. The molecule has 0 radical (unpaired) electrons. The highest BCUT2D eigenvalue weighted by Gasteiger charge is 2.39. The van der Waals surface area contributed by atoms with E-state index in [-0.39, 0.29) is 30.4 Å². The van der Waals surface area contributed by atoms with Crippen LogP contribution in [0.2, 0.25) is 0 Å². The van der Waals surface area contributed by atoms with Crippen LogP contribution in [0.25, 0.3) is 0 Å². The minimum Gasteiger partial charge on any atom is -0.341 e. The quantitative estimate of drug-likeness (QED) is 0.705. The smallest absolute Gasteiger partial charge is 0.341 e. The van der Waals surface area contributed by atoms with Crippen molar-refractivity contribution in [2.75, 3.05) is 32.0 Å². The van der Waals surface area contributed by atoms with Crippen molar-refractivity contribution >= 4 is 17.5 Å². The van der Waals surface area contributed by atoms with Gasteiger partial charge >= 0.3 is 12.4 Å². The summed E-state index contributed by atoms with van der Waals surface area (Å²) in [6.45, 7) is 1.52. The van der Waals surface area contributed by atoms with Crippen LogP contribution in [0.3, 0.4) is 0 Å². The van der Waals surface area contributed by atoms with Gasteiger partial charge in [-0.1, -0.05) is 6.42 Å². The van der Waals surface area contributed by atoms with E-state index in [2.05, 4.69) is 5.32 Å².